The molecule has 19 heavy (non-hydrogen) atoms. The van der Waals surface area contributed by atoms with Crippen molar-refractivity contribution in [1.82, 2.24) is 4.90 Å². The Kier molecular flexibility index (Phi) is 5.55. The second-order valence-electron chi connectivity index (χ2n) is 5.70. The standard InChI is InChI=1S/C16H25NO2/c1-11(2)16(19)15(17(5)12(3)4)10-13-6-8-14(18)9-7-13/h6-9,11-12,15,18H,10H2,1-5H3. The van der Waals surface area contributed by atoms with Crippen LogP contribution in [-0.4, -0.2) is 34.9 Å². The van der Waals surface area contributed by atoms with E-state index in [0.717, 1.165) is 5.56 Å². The molecule has 0 aromatic heterocycles. The molecule has 0 saturated carbocycles. The third-order valence-corrected chi connectivity index (χ3v) is 3.57. The largest absolute Gasteiger partial charge is 0.508 e. The minimum atomic E-state index is -0.107. The average Bonchev–Trinajstić information content (AvgIpc) is 2.36. The van der Waals surface area contributed by atoms with Gasteiger partial charge in [-0.2, -0.15) is 0 Å². The zero-order valence-electron chi connectivity index (χ0n) is 12.6. The summed E-state index contributed by atoms with van der Waals surface area (Å²) in [6.07, 6.45) is 0.686. The summed E-state index contributed by atoms with van der Waals surface area (Å²) in [6, 6.07) is 7.31. The number of ketones is 1. The van der Waals surface area contributed by atoms with Crippen molar-refractivity contribution in [1.29, 1.82) is 0 Å². The quantitative estimate of drug-likeness (QED) is 0.858. The van der Waals surface area contributed by atoms with Gasteiger partial charge in [0.05, 0.1) is 6.04 Å². The van der Waals surface area contributed by atoms with Gasteiger partial charge < -0.3 is 5.11 Å². The number of nitrogens with zero attached hydrogens (tertiary/aromatic N) is 1. The molecule has 0 amide bonds. The molecule has 0 bridgehead atoms. The summed E-state index contributed by atoms with van der Waals surface area (Å²) in [5, 5.41) is 9.31. The molecule has 1 atom stereocenters. The molecule has 0 fully saturated rings. The van der Waals surface area contributed by atoms with Gasteiger partial charge in [-0.25, -0.2) is 0 Å². The number of likely N-dealkylation sites (N-methyl/N-ethyl adjacent to an activating group) is 1. The maximum Gasteiger partial charge on any atom is 0.152 e. The van der Waals surface area contributed by atoms with Gasteiger partial charge in [-0.1, -0.05) is 26.0 Å². The number of rotatable bonds is 6. The van der Waals surface area contributed by atoms with Gasteiger partial charge in [0.25, 0.3) is 0 Å². The van der Waals surface area contributed by atoms with Crippen molar-refractivity contribution in [2.75, 3.05) is 7.05 Å². The van der Waals surface area contributed by atoms with Gasteiger partial charge in [-0.05, 0) is 45.0 Å². The van der Waals surface area contributed by atoms with Crippen LogP contribution in [-0.2, 0) is 11.2 Å². The van der Waals surface area contributed by atoms with Crippen molar-refractivity contribution in [2.24, 2.45) is 5.92 Å². The fraction of sp³-hybridized carbons (Fsp3) is 0.562. The first kappa shape index (κ1) is 15.7. The molecule has 1 rings (SSSR count). The van der Waals surface area contributed by atoms with E-state index in [2.05, 4.69) is 18.7 Å². The molecule has 3 nitrogen and oxygen atoms in total. The number of Topliss-reactive ketones (excluding diaryl/α,β-unsaturated/α-hetero) is 1. The molecule has 1 aromatic rings. The second kappa shape index (κ2) is 6.71. The van der Waals surface area contributed by atoms with Crippen LogP contribution in [0, 0.1) is 5.92 Å². The topological polar surface area (TPSA) is 40.5 Å². The molecule has 0 aliphatic heterocycles. The van der Waals surface area contributed by atoms with Crippen molar-refractivity contribution >= 4 is 5.78 Å². The van der Waals surface area contributed by atoms with E-state index in [0.29, 0.717) is 12.5 Å². The van der Waals surface area contributed by atoms with E-state index in [1.54, 1.807) is 12.1 Å². The van der Waals surface area contributed by atoms with Crippen LogP contribution in [0.5, 0.6) is 5.75 Å². The smallest absolute Gasteiger partial charge is 0.152 e. The highest BCUT2D eigenvalue weighted by Crippen LogP contribution is 2.17. The Labute approximate surface area is 116 Å². The highest BCUT2D eigenvalue weighted by Gasteiger charge is 2.26. The first-order chi connectivity index (χ1) is 8.82. The lowest BCUT2D eigenvalue weighted by molar-refractivity contribution is -0.127. The maximum atomic E-state index is 12.4. The van der Waals surface area contributed by atoms with Crippen LogP contribution in [0.2, 0.25) is 0 Å². The van der Waals surface area contributed by atoms with E-state index in [-0.39, 0.29) is 23.5 Å². The SMILES string of the molecule is CC(C)C(=O)C(Cc1ccc(O)cc1)N(C)C(C)C. The van der Waals surface area contributed by atoms with E-state index in [1.807, 2.05) is 33.0 Å². The third kappa shape index (κ3) is 4.35. The first-order valence-electron chi connectivity index (χ1n) is 6.86. The molecule has 1 N–H and O–H groups in total. The predicted molar refractivity (Wildman–Crippen MR) is 78.3 cm³/mol. The minimum absolute atomic E-state index is 0.0308. The Morgan fingerprint density at radius 2 is 1.68 bits per heavy atom. The van der Waals surface area contributed by atoms with Crippen LogP contribution in [0.1, 0.15) is 33.3 Å². The summed E-state index contributed by atoms with van der Waals surface area (Å²) < 4.78 is 0. The molecule has 0 aliphatic carbocycles. The Bertz CT molecular complexity index is 409. The summed E-state index contributed by atoms with van der Waals surface area (Å²) in [7, 11) is 2.00. The van der Waals surface area contributed by atoms with Crippen molar-refractivity contribution in [3.05, 3.63) is 29.8 Å². The van der Waals surface area contributed by atoms with Crippen LogP contribution in [0.25, 0.3) is 0 Å². The van der Waals surface area contributed by atoms with E-state index in [4.69, 9.17) is 0 Å². The molecule has 1 aromatic carbocycles. The van der Waals surface area contributed by atoms with Crippen LogP contribution in [0.15, 0.2) is 24.3 Å². The number of hydrogen-bond acceptors (Lipinski definition) is 3. The fourth-order valence-corrected chi connectivity index (χ4v) is 2.05. The molecule has 0 radical (unpaired) electrons. The number of phenols is 1. The molecule has 0 saturated heterocycles. The number of hydrogen-bond donors (Lipinski definition) is 1. The van der Waals surface area contributed by atoms with E-state index in [1.165, 1.54) is 0 Å². The number of carbonyl (C=O) groups excluding carboxylic acids is 1. The normalized spacial score (nSPS) is 13.3. The van der Waals surface area contributed by atoms with Gasteiger partial charge in [-0.3, -0.25) is 9.69 Å². The van der Waals surface area contributed by atoms with Gasteiger partial charge >= 0.3 is 0 Å². The molecular weight excluding hydrogens is 238 g/mol. The molecule has 0 heterocycles. The Morgan fingerprint density at radius 1 is 1.16 bits per heavy atom. The summed E-state index contributed by atoms with van der Waals surface area (Å²) in [6.45, 7) is 8.08. The Balaban J connectivity index is 2.91. The highest BCUT2D eigenvalue weighted by molar-refractivity contribution is 5.86. The third-order valence-electron chi connectivity index (χ3n) is 3.57. The summed E-state index contributed by atoms with van der Waals surface area (Å²) in [5.74, 6) is 0.556. The Morgan fingerprint density at radius 3 is 2.11 bits per heavy atom. The summed E-state index contributed by atoms with van der Waals surface area (Å²) in [4.78, 5) is 14.5. The van der Waals surface area contributed by atoms with Crippen molar-refractivity contribution in [3.63, 3.8) is 0 Å². The average molecular weight is 263 g/mol. The summed E-state index contributed by atoms with van der Waals surface area (Å²) in [5.41, 5.74) is 1.07. The monoisotopic (exact) mass is 263 g/mol. The van der Waals surface area contributed by atoms with E-state index < -0.39 is 0 Å². The van der Waals surface area contributed by atoms with Crippen LogP contribution < -0.4 is 0 Å². The number of carbonyl (C=O) groups is 1. The lowest BCUT2D eigenvalue weighted by Gasteiger charge is -2.31. The van der Waals surface area contributed by atoms with E-state index in [9.17, 15) is 9.90 Å². The van der Waals surface area contributed by atoms with Crippen molar-refractivity contribution in [2.45, 2.75) is 46.2 Å². The highest BCUT2D eigenvalue weighted by atomic mass is 16.3. The molecule has 3 heteroatoms. The lowest BCUT2D eigenvalue weighted by atomic mass is 9.94. The van der Waals surface area contributed by atoms with Crippen LogP contribution in [0.3, 0.4) is 0 Å². The fourth-order valence-electron chi connectivity index (χ4n) is 2.05. The first-order valence-corrected chi connectivity index (χ1v) is 6.86. The van der Waals surface area contributed by atoms with Gasteiger partial charge in [0.15, 0.2) is 5.78 Å². The van der Waals surface area contributed by atoms with Gasteiger partial charge in [0.2, 0.25) is 0 Å². The number of aromatic hydroxyl groups is 1. The zero-order chi connectivity index (χ0) is 14.6. The van der Waals surface area contributed by atoms with E-state index >= 15 is 0 Å². The number of phenolic OH excluding ortho intramolecular Hbond substituents is 1. The molecule has 0 spiro atoms. The van der Waals surface area contributed by atoms with Crippen LogP contribution >= 0.6 is 0 Å². The lowest BCUT2D eigenvalue weighted by Crippen LogP contribution is -2.45. The second-order valence-corrected chi connectivity index (χ2v) is 5.70. The summed E-state index contributed by atoms with van der Waals surface area (Å²) >= 11 is 0. The minimum Gasteiger partial charge on any atom is -0.508 e. The number of benzene rings is 1. The molecule has 106 valence electrons. The van der Waals surface area contributed by atoms with Crippen molar-refractivity contribution < 1.29 is 9.90 Å². The molecule has 0 aliphatic rings. The van der Waals surface area contributed by atoms with Crippen LogP contribution in [0.4, 0.5) is 0 Å². The van der Waals surface area contributed by atoms with Gasteiger partial charge in [0.1, 0.15) is 5.75 Å². The molecular formula is C16H25NO2. The maximum absolute atomic E-state index is 12.4. The zero-order valence-corrected chi connectivity index (χ0v) is 12.6. The predicted octanol–water partition coefficient (Wildman–Crippen LogP) is 2.87. The van der Waals surface area contributed by atoms with Gasteiger partial charge in [0, 0.05) is 12.0 Å². The van der Waals surface area contributed by atoms with Gasteiger partial charge in [-0.15, -0.1) is 0 Å². The Hall–Kier alpha value is -1.35. The molecule has 1 unspecified atom stereocenters. The van der Waals surface area contributed by atoms with Crippen molar-refractivity contribution in [3.8, 4) is 5.75 Å².